The molecular formula is C17H28N4O3. The quantitative estimate of drug-likeness (QED) is 0.839. The molecule has 134 valence electrons. The van der Waals surface area contributed by atoms with Gasteiger partial charge < -0.3 is 14.7 Å². The molecule has 0 saturated carbocycles. The monoisotopic (exact) mass is 336 g/mol. The van der Waals surface area contributed by atoms with E-state index >= 15 is 0 Å². The van der Waals surface area contributed by atoms with Crippen molar-refractivity contribution >= 4 is 5.91 Å². The van der Waals surface area contributed by atoms with Gasteiger partial charge in [-0.15, -0.1) is 0 Å². The SMILES string of the molecule is CC(C)n1cc([C@@H]2CN(CC(=O)N3CCOCC3)C[C@H]2CO)cn1. The van der Waals surface area contributed by atoms with Crippen LogP contribution in [0, 0.1) is 5.92 Å². The van der Waals surface area contributed by atoms with E-state index in [0.717, 1.165) is 18.7 Å². The van der Waals surface area contributed by atoms with E-state index in [1.54, 1.807) is 0 Å². The Labute approximate surface area is 143 Å². The number of likely N-dealkylation sites (tertiary alicyclic amines) is 1. The first kappa shape index (κ1) is 17.4. The first-order valence-corrected chi connectivity index (χ1v) is 8.81. The van der Waals surface area contributed by atoms with Crippen molar-refractivity contribution in [1.82, 2.24) is 19.6 Å². The minimum atomic E-state index is 0.139. The van der Waals surface area contributed by atoms with Crippen molar-refractivity contribution in [1.29, 1.82) is 0 Å². The molecule has 7 heteroatoms. The summed E-state index contributed by atoms with van der Waals surface area (Å²) in [4.78, 5) is 16.5. The summed E-state index contributed by atoms with van der Waals surface area (Å²) in [5.41, 5.74) is 1.16. The molecule has 1 aromatic heterocycles. The molecule has 1 N–H and O–H groups in total. The van der Waals surface area contributed by atoms with Gasteiger partial charge in [-0.05, 0) is 19.4 Å². The van der Waals surface area contributed by atoms with Crippen molar-refractivity contribution in [2.75, 3.05) is 52.5 Å². The topological polar surface area (TPSA) is 70.8 Å². The lowest BCUT2D eigenvalue weighted by molar-refractivity contribution is -0.136. The number of carbonyl (C=O) groups excluding carboxylic acids is 1. The Bertz CT molecular complexity index is 554. The molecule has 2 atom stereocenters. The maximum absolute atomic E-state index is 12.4. The lowest BCUT2D eigenvalue weighted by Gasteiger charge is -2.28. The van der Waals surface area contributed by atoms with Crippen molar-refractivity contribution in [2.45, 2.75) is 25.8 Å². The molecule has 2 saturated heterocycles. The molecule has 0 bridgehead atoms. The highest BCUT2D eigenvalue weighted by Crippen LogP contribution is 2.32. The van der Waals surface area contributed by atoms with E-state index in [2.05, 4.69) is 30.0 Å². The second-order valence-electron chi connectivity index (χ2n) is 7.08. The minimum Gasteiger partial charge on any atom is -0.396 e. The summed E-state index contributed by atoms with van der Waals surface area (Å²) in [6.07, 6.45) is 3.98. The third-order valence-electron chi connectivity index (χ3n) is 5.05. The van der Waals surface area contributed by atoms with E-state index < -0.39 is 0 Å². The summed E-state index contributed by atoms with van der Waals surface area (Å²) in [6.45, 7) is 8.93. The van der Waals surface area contributed by atoms with E-state index in [9.17, 15) is 9.90 Å². The van der Waals surface area contributed by atoms with Crippen LogP contribution >= 0.6 is 0 Å². The Morgan fingerprint density at radius 1 is 1.38 bits per heavy atom. The molecule has 2 aliphatic heterocycles. The number of nitrogens with zero attached hydrogens (tertiary/aromatic N) is 4. The van der Waals surface area contributed by atoms with Crippen LogP contribution in [0.15, 0.2) is 12.4 Å². The number of aliphatic hydroxyl groups excluding tert-OH is 1. The van der Waals surface area contributed by atoms with Gasteiger partial charge in [0.15, 0.2) is 0 Å². The maximum Gasteiger partial charge on any atom is 0.236 e. The van der Waals surface area contributed by atoms with Crippen molar-refractivity contribution in [3.63, 3.8) is 0 Å². The maximum atomic E-state index is 12.4. The summed E-state index contributed by atoms with van der Waals surface area (Å²) >= 11 is 0. The van der Waals surface area contributed by atoms with Gasteiger partial charge in [0, 0.05) is 56.9 Å². The first-order chi connectivity index (χ1) is 11.6. The van der Waals surface area contributed by atoms with Gasteiger partial charge in [0.05, 0.1) is 26.0 Å². The predicted molar refractivity (Wildman–Crippen MR) is 89.8 cm³/mol. The van der Waals surface area contributed by atoms with E-state index in [4.69, 9.17) is 4.74 Å². The summed E-state index contributed by atoms with van der Waals surface area (Å²) in [7, 11) is 0. The average molecular weight is 336 g/mol. The smallest absolute Gasteiger partial charge is 0.236 e. The second kappa shape index (κ2) is 7.63. The van der Waals surface area contributed by atoms with Crippen molar-refractivity contribution in [3.8, 4) is 0 Å². The highest BCUT2D eigenvalue weighted by Gasteiger charge is 2.35. The van der Waals surface area contributed by atoms with Crippen molar-refractivity contribution in [3.05, 3.63) is 18.0 Å². The Morgan fingerprint density at radius 2 is 2.12 bits per heavy atom. The van der Waals surface area contributed by atoms with Gasteiger partial charge >= 0.3 is 0 Å². The zero-order valence-corrected chi connectivity index (χ0v) is 14.6. The number of carbonyl (C=O) groups is 1. The van der Waals surface area contributed by atoms with Gasteiger partial charge in [-0.1, -0.05) is 0 Å². The Kier molecular flexibility index (Phi) is 5.53. The summed E-state index contributed by atoms with van der Waals surface area (Å²) in [5.74, 6) is 0.556. The van der Waals surface area contributed by atoms with Gasteiger partial charge in [0.2, 0.25) is 5.91 Å². The second-order valence-corrected chi connectivity index (χ2v) is 7.08. The summed E-state index contributed by atoms with van der Waals surface area (Å²) in [5, 5.41) is 14.2. The Hall–Kier alpha value is -1.44. The third kappa shape index (κ3) is 3.79. The summed E-state index contributed by atoms with van der Waals surface area (Å²) < 4.78 is 7.25. The van der Waals surface area contributed by atoms with Gasteiger partial charge in [-0.25, -0.2) is 0 Å². The van der Waals surface area contributed by atoms with Crippen LogP contribution in [-0.4, -0.2) is 83.1 Å². The van der Waals surface area contributed by atoms with Crippen LogP contribution in [0.4, 0.5) is 0 Å². The number of hydrogen-bond donors (Lipinski definition) is 1. The van der Waals surface area contributed by atoms with Crippen molar-refractivity contribution in [2.24, 2.45) is 5.92 Å². The van der Waals surface area contributed by atoms with Gasteiger partial charge in [0.25, 0.3) is 0 Å². The fraction of sp³-hybridized carbons (Fsp3) is 0.765. The highest BCUT2D eigenvalue weighted by atomic mass is 16.5. The van der Waals surface area contributed by atoms with E-state index in [1.165, 1.54) is 0 Å². The fourth-order valence-corrected chi connectivity index (χ4v) is 3.58. The van der Waals surface area contributed by atoms with Gasteiger partial charge in [-0.3, -0.25) is 14.4 Å². The fourth-order valence-electron chi connectivity index (χ4n) is 3.58. The largest absolute Gasteiger partial charge is 0.396 e. The molecule has 0 aromatic carbocycles. The number of hydrogen-bond acceptors (Lipinski definition) is 5. The molecule has 3 rings (SSSR count). The molecule has 1 aromatic rings. The standard InChI is InChI=1S/C17H28N4O3/c1-13(2)21-9-14(7-18-21)16-10-19(8-15(16)12-22)11-17(23)20-3-5-24-6-4-20/h7,9,13,15-16,22H,3-6,8,10-12H2,1-2H3/t15-,16-/m0/s1. The lowest BCUT2D eigenvalue weighted by Crippen LogP contribution is -2.45. The van der Waals surface area contributed by atoms with E-state index in [1.807, 2.05) is 15.8 Å². The van der Waals surface area contributed by atoms with Crippen LogP contribution in [-0.2, 0) is 9.53 Å². The molecule has 0 unspecified atom stereocenters. The number of amides is 1. The number of aromatic nitrogens is 2. The van der Waals surface area contributed by atoms with E-state index in [-0.39, 0.29) is 24.3 Å². The number of morpholine rings is 1. The van der Waals surface area contributed by atoms with E-state index in [0.29, 0.717) is 38.9 Å². The Balaban J connectivity index is 1.62. The normalized spacial score (nSPS) is 25.6. The number of ether oxygens (including phenoxy) is 1. The highest BCUT2D eigenvalue weighted by molar-refractivity contribution is 5.78. The minimum absolute atomic E-state index is 0.139. The molecule has 0 aliphatic carbocycles. The van der Waals surface area contributed by atoms with Gasteiger partial charge in [-0.2, -0.15) is 5.10 Å². The molecule has 3 heterocycles. The van der Waals surface area contributed by atoms with Crippen LogP contribution in [0.1, 0.15) is 31.4 Å². The molecule has 0 radical (unpaired) electrons. The van der Waals surface area contributed by atoms with Crippen LogP contribution < -0.4 is 0 Å². The number of aliphatic hydroxyl groups is 1. The lowest BCUT2D eigenvalue weighted by atomic mass is 9.92. The Morgan fingerprint density at radius 3 is 2.75 bits per heavy atom. The van der Waals surface area contributed by atoms with Crippen LogP contribution in [0.25, 0.3) is 0 Å². The zero-order valence-electron chi connectivity index (χ0n) is 14.6. The molecule has 0 spiro atoms. The van der Waals surface area contributed by atoms with Crippen molar-refractivity contribution < 1.29 is 14.6 Å². The zero-order chi connectivity index (χ0) is 17.1. The molecule has 1 amide bonds. The molecule has 7 nitrogen and oxygen atoms in total. The van der Waals surface area contributed by atoms with Crippen LogP contribution in [0.2, 0.25) is 0 Å². The first-order valence-electron chi connectivity index (χ1n) is 8.81. The predicted octanol–water partition coefficient (Wildman–Crippen LogP) is 0.331. The third-order valence-corrected chi connectivity index (χ3v) is 5.05. The van der Waals surface area contributed by atoms with Gasteiger partial charge in [0.1, 0.15) is 0 Å². The summed E-state index contributed by atoms with van der Waals surface area (Å²) in [6, 6.07) is 0.326. The molecule has 2 aliphatic rings. The average Bonchev–Trinajstić information content (AvgIpc) is 3.22. The molecule has 2 fully saturated rings. The molecular weight excluding hydrogens is 308 g/mol. The van der Waals surface area contributed by atoms with Crippen LogP contribution in [0.5, 0.6) is 0 Å². The number of rotatable bonds is 5. The van der Waals surface area contributed by atoms with Crippen LogP contribution in [0.3, 0.4) is 0 Å². The molecule has 24 heavy (non-hydrogen) atoms.